The lowest BCUT2D eigenvalue weighted by atomic mass is 10.2. The molecule has 1 unspecified atom stereocenters. The van der Waals surface area contributed by atoms with E-state index >= 15 is 0 Å². The number of carbonyl (C=O) groups is 1. The molecule has 0 aliphatic rings. The van der Waals surface area contributed by atoms with E-state index < -0.39 is 0 Å². The molecule has 0 radical (unpaired) electrons. The smallest absolute Gasteiger partial charge is 0.304 e. The average molecular weight is 202 g/mol. The molecule has 0 saturated heterocycles. The summed E-state index contributed by atoms with van der Waals surface area (Å²) in [5.41, 5.74) is 0. The Kier molecular flexibility index (Phi) is 8.64. The molecule has 0 aromatic rings. The lowest BCUT2D eigenvalue weighted by Crippen LogP contribution is -2.20. The summed E-state index contributed by atoms with van der Waals surface area (Å²) in [5, 5.41) is 0. The first-order chi connectivity index (χ1) is 6.70. The van der Waals surface area contributed by atoms with Crippen molar-refractivity contribution in [2.45, 2.75) is 59.2 Å². The maximum Gasteiger partial charge on any atom is 0.304 e. The van der Waals surface area contributed by atoms with Crippen LogP contribution < -0.4 is 0 Å². The summed E-state index contributed by atoms with van der Waals surface area (Å²) in [4.78, 5) is 10.7. The Bertz CT molecular complexity index is 145. The first kappa shape index (κ1) is 13.4. The molecule has 84 valence electrons. The number of esters is 1. The minimum absolute atomic E-state index is 0.261. The summed E-state index contributed by atoms with van der Waals surface area (Å²) in [6.45, 7) is 6.26. The Morgan fingerprint density at radius 3 is 2.43 bits per heavy atom. The average Bonchev–Trinajstić information content (AvgIpc) is 2.13. The summed E-state index contributed by atoms with van der Waals surface area (Å²) in [6, 6.07) is 0. The number of carbonyl (C=O) groups excluding carboxylic acids is 1. The number of hydrogen-bond donors (Lipinski definition) is 0. The van der Waals surface area contributed by atoms with Gasteiger partial charge in [0.15, 0.2) is 0 Å². The molecule has 0 N–H and O–H groups in total. The van der Waals surface area contributed by atoms with E-state index in [4.69, 9.17) is 9.47 Å². The number of rotatable bonds is 8. The standard InChI is InChI=1S/C11H22O3/c1-4-6-7-8-11(13-9-5-2)14-10(3)12/h11H,4-9H2,1-3H3. The zero-order valence-electron chi connectivity index (χ0n) is 9.54. The molecule has 0 bridgehead atoms. The maximum absolute atomic E-state index is 10.7. The predicted molar refractivity (Wildman–Crippen MR) is 55.9 cm³/mol. The van der Waals surface area contributed by atoms with E-state index in [-0.39, 0.29) is 12.3 Å². The Morgan fingerprint density at radius 2 is 1.93 bits per heavy atom. The molecule has 0 aromatic carbocycles. The molecule has 1 atom stereocenters. The van der Waals surface area contributed by atoms with Gasteiger partial charge in [0.1, 0.15) is 0 Å². The van der Waals surface area contributed by atoms with Crippen LogP contribution in [-0.2, 0) is 14.3 Å². The van der Waals surface area contributed by atoms with Crippen molar-refractivity contribution in [3.05, 3.63) is 0 Å². The molecule has 0 aliphatic carbocycles. The van der Waals surface area contributed by atoms with Crippen molar-refractivity contribution in [2.75, 3.05) is 6.61 Å². The number of hydrogen-bond acceptors (Lipinski definition) is 3. The molecule has 0 fully saturated rings. The van der Waals surface area contributed by atoms with Crippen molar-refractivity contribution in [3.8, 4) is 0 Å². The SMILES string of the molecule is CCCCCC(OCCC)OC(C)=O. The zero-order chi connectivity index (χ0) is 10.8. The molecule has 0 amide bonds. The summed E-state index contributed by atoms with van der Waals surface area (Å²) < 4.78 is 10.4. The topological polar surface area (TPSA) is 35.5 Å². The molecule has 0 aromatic heterocycles. The van der Waals surface area contributed by atoms with E-state index in [0.29, 0.717) is 6.61 Å². The zero-order valence-corrected chi connectivity index (χ0v) is 9.54. The van der Waals surface area contributed by atoms with E-state index in [2.05, 4.69) is 6.92 Å². The quantitative estimate of drug-likeness (QED) is 0.345. The van der Waals surface area contributed by atoms with Gasteiger partial charge in [-0.15, -0.1) is 0 Å². The molecule has 0 spiro atoms. The normalized spacial score (nSPS) is 12.5. The third kappa shape index (κ3) is 8.05. The summed E-state index contributed by atoms with van der Waals surface area (Å²) >= 11 is 0. The lowest BCUT2D eigenvalue weighted by molar-refractivity contribution is -0.177. The highest BCUT2D eigenvalue weighted by atomic mass is 16.7. The maximum atomic E-state index is 10.7. The van der Waals surface area contributed by atoms with Crippen molar-refractivity contribution in [1.29, 1.82) is 0 Å². The summed E-state index contributed by atoms with van der Waals surface area (Å²) in [6.07, 6.45) is 4.81. The minimum Gasteiger partial charge on any atom is -0.436 e. The highest BCUT2D eigenvalue weighted by Crippen LogP contribution is 2.08. The Labute approximate surface area is 86.8 Å². The lowest BCUT2D eigenvalue weighted by Gasteiger charge is -2.16. The van der Waals surface area contributed by atoms with Crippen LogP contribution in [0.4, 0.5) is 0 Å². The van der Waals surface area contributed by atoms with Crippen LogP contribution in [-0.4, -0.2) is 18.9 Å². The van der Waals surface area contributed by atoms with Gasteiger partial charge in [-0.05, 0) is 12.8 Å². The van der Waals surface area contributed by atoms with Crippen LogP contribution in [0.1, 0.15) is 52.9 Å². The van der Waals surface area contributed by atoms with Crippen LogP contribution in [0.3, 0.4) is 0 Å². The number of unbranched alkanes of at least 4 members (excludes halogenated alkanes) is 2. The Hall–Kier alpha value is -0.570. The van der Waals surface area contributed by atoms with E-state index in [1.54, 1.807) is 0 Å². The van der Waals surface area contributed by atoms with E-state index in [0.717, 1.165) is 25.7 Å². The Balaban J connectivity index is 3.66. The van der Waals surface area contributed by atoms with Gasteiger partial charge in [0.25, 0.3) is 0 Å². The third-order valence-corrected chi connectivity index (χ3v) is 1.85. The molecular formula is C11H22O3. The summed E-state index contributed by atoms with van der Waals surface area (Å²) in [5.74, 6) is -0.261. The van der Waals surface area contributed by atoms with Gasteiger partial charge in [-0.3, -0.25) is 4.79 Å². The van der Waals surface area contributed by atoms with Crippen molar-refractivity contribution < 1.29 is 14.3 Å². The molecule has 0 rings (SSSR count). The predicted octanol–water partition coefficient (Wildman–Crippen LogP) is 2.88. The van der Waals surface area contributed by atoms with Gasteiger partial charge in [0.2, 0.25) is 6.29 Å². The van der Waals surface area contributed by atoms with Crippen LogP contribution in [0.25, 0.3) is 0 Å². The van der Waals surface area contributed by atoms with Crippen molar-refractivity contribution >= 4 is 5.97 Å². The molecule has 0 aliphatic heterocycles. The molecule has 3 heteroatoms. The first-order valence-electron chi connectivity index (χ1n) is 5.49. The molecule has 3 nitrogen and oxygen atoms in total. The second-order valence-corrected chi connectivity index (χ2v) is 3.41. The second kappa shape index (κ2) is 9.00. The van der Waals surface area contributed by atoms with Gasteiger partial charge in [-0.1, -0.05) is 26.7 Å². The van der Waals surface area contributed by atoms with Crippen LogP contribution in [0.2, 0.25) is 0 Å². The van der Waals surface area contributed by atoms with Crippen molar-refractivity contribution in [1.82, 2.24) is 0 Å². The molecule has 0 heterocycles. The van der Waals surface area contributed by atoms with Crippen LogP contribution in [0.5, 0.6) is 0 Å². The van der Waals surface area contributed by atoms with Gasteiger partial charge in [0.05, 0.1) is 6.61 Å². The van der Waals surface area contributed by atoms with Gasteiger partial charge in [-0.2, -0.15) is 0 Å². The number of ether oxygens (including phenoxy) is 2. The minimum atomic E-state index is -0.334. The Morgan fingerprint density at radius 1 is 1.21 bits per heavy atom. The summed E-state index contributed by atoms with van der Waals surface area (Å²) in [7, 11) is 0. The van der Waals surface area contributed by atoms with Crippen LogP contribution >= 0.6 is 0 Å². The monoisotopic (exact) mass is 202 g/mol. The highest BCUT2D eigenvalue weighted by Gasteiger charge is 2.10. The largest absolute Gasteiger partial charge is 0.436 e. The molecular weight excluding hydrogens is 180 g/mol. The van der Waals surface area contributed by atoms with E-state index in [9.17, 15) is 4.79 Å². The van der Waals surface area contributed by atoms with Crippen LogP contribution in [0.15, 0.2) is 0 Å². The second-order valence-electron chi connectivity index (χ2n) is 3.41. The van der Waals surface area contributed by atoms with E-state index in [1.807, 2.05) is 6.92 Å². The van der Waals surface area contributed by atoms with Crippen LogP contribution in [0, 0.1) is 0 Å². The highest BCUT2D eigenvalue weighted by molar-refractivity contribution is 5.66. The van der Waals surface area contributed by atoms with Gasteiger partial charge >= 0.3 is 5.97 Å². The first-order valence-corrected chi connectivity index (χ1v) is 5.49. The van der Waals surface area contributed by atoms with Gasteiger partial charge in [0, 0.05) is 13.3 Å². The fourth-order valence-corrected chi connectivity index (χ4v) is 1.17. The van der Waals surface area contributed by atoms with Crippen molar-refractivity contribution in [3.63, 3.8) is 0 Å². The third-order valence-electron chi connectivity index (χ3n) is 1.85. The fraction of sp³-hybridized carbons (Fsp3) is 0.909. The van der Waals surface area contributed by atoms with Crippen molar-refractivity contribution in [2.24, 2.45) is 0 Å². The van der Waals surface area contributed by atoms with Gasteiger partial charge < -0.3 is 9.47 Å². The van der Waals surface area contributed by atoms with Gasteiger partial charge in [-0.25, -0.2) is 0 Å². The fourth-order valence-electron chi connectivity index (χ4n) is 1.17. The van der Waals surface area contributed by atoms with E-state index in [1.165, 1.54) is 13.3 Å². The molecule has 0 saturated carbocycles. The molecule has 14 heavy (non-hydrogen) atoms.